The van der Waals surface area contributed by atoms with Crippen molar-refractivity contribution < 1.29 is 102 Å². The van der Waals surface area contributed by atoms with Crippen LogP contribution in [0.1, 0.15) is 133 Å². The third-order valence-electron chi connectivity index (χ3n) is 12.0. The Morgan fingerprint density at radius 2 is 0.978 bits per heavy atom. The van der Waals surface area contributed by atoms with Gasteiger partial charge in [-0.15, -0.1) is 0 Å². The molecule has 4 aliphatic rings. The molecule has 14 heteroatoms. The first-order chi connectivity index (χ1) is 21.0. The van der Waals surface area contributed by atoms with Crippen molar-refractivity contribution in [1.29, 1.82) is 0 Å². The topological polar surface area (TPSA) is 155 Å². The second kappa shape index (κ2) is 15.5. The Bertz CT molecular complexity index is 1140. The summed E-state index contributed by atoms with van der Waals surface area (Å²) in [7, 11) is -9.43. The summed E-state index contributed by atoms with van der Waals surface area (Å²) >= 11 is 0. The molecule has 46 heavy (non-hydrogen) atoms. The normalized spacial score (nSPS) is 35.1. The van der Waals surface area contributed by atoms with Crippen LogP contribution in [0.4, 0.5) is 0 Å². The van der Waals surface area contributed by atoms with Crippen molar-refractivity contribution in [2.75, 3.05) is 26.4 Å². The van der Waals surface area contributed by atoms with Gasteiger partial charge in [-0.1, -0.05) is 79.1 Å². The maximum atomic E-state index is 13.4. The quantitative estimate of drug-likeness (QED) is 0.141. The molecular weight excluding hydrogens is 664 g/mol. The molecule has 2 N–H and O–H groups in total. The van der Waals surface area contributed by atoms with E-state index in [2.05, 4.69) is 13.8 Å². The number of ether oxygens (including phenoxy) is 5. The van der Waals surface area contributed by atoms with Crippen LogP contribution in [0.2, 0.25) is 0 Å². The summed E-state index contributed by atoms with van der Waals surface area (Å²) in [4.78, 5) is 0. The second-order valence-electron chi connectivity index (χ2n) is 14.3. The van der Waals surface area contributed by atoms with E-state index in [9.17, 15) is 25.9 Å². The molecule has 0 saturated carbocycles. The van der Waals surface area contributed by atoms with Gasteiger partial charge in [-0.25, -0.2) is 0 Å². The zero-order chi connectivity index (χ0) is 33.4. The Kier molecular flexibility index (Phi) is 14.0. The molecule has 4 saturated heterocycles. The molecule has 4 fully saturated rings. The molecular formula is C32H59KO11S2. The zero-order valence-electron chi connectivity index (χ0n) is 30.3. The second-order valence-corrected chi connectivity index (χ2v) is 18.0. The number of hydrogen-bond acceptors (Lipinski definition) is 9. The van der Waals surface area contributed by atoms with Crippen LogP contribution in [0, 0.1) is 11.8 Å². The summed E-state index contributed by atoms with van der Waals surface area (Å²) in [5.74, 6) is -3.31. The molecule has 4 rings (SSSR count). The summed E-state index contributed by atoms with van der Waals surface area (Å²) in [5, 5.41) is 0. The van der Waals surface area contributed by atoms with Gasteiger partial charge in [-0.3, -0.25) is 9.11 Å². The van der Waals surface area contributed by atoms with Gasteiger partial charge in [0.15, 0.2) is 0 Å². The van der Waals surface area contributed by atoms with Crippen LogP contribution in [-0.4, -0.2) is 84.6 Å². The Morgan fingerprint density at radius 1 is 0.674 bits per heavy atom. The van der Waals surface area contributed by atoms with E-state index in [0.717, 1.165) is 51.4 Å². The Balaban J connectivity index is 0.00000384. The number of hydrogen-bond donors (Lipinski definition) is 2. The van der Waals surface area contributed by atoms with Crippen molar-refractivity contribution in [2.24, 2.45) is 11.8 Å². The minimum Gasteiger partial charge on any atom is -1.00 e. The van der Waals surface area contributed by atoms with Gasteiger partial charge < -0.3 is 25.1 Å². The van der Waals surface area contributed by atoms with Crippen molar-refractivity contribution in [2.45, 2.75) is 164 Å². The maximum absolute atomic E-state index is 13.4. The minimum absolute atomic E-state index is 0. The van der Waals surface area contributed by atoms with E-state index < -0.39 is 52.5 Å². The fourth-order valence-corrected chi connectivity index (χ4v) is 11.0. The third kappa shape index (κ3) is 6.67. The van der Waals surface area contributed by atoms with Crippen molar-refractivity contribution in [3.05, 3.63) is 0 Å². The molecule has 4 heterocycles. The smallest absolute Gasteiger partial charge is 1.00 e. The molecule has 0 aliphatic carbocycles. The van der Waals surface area contributed by atoms with Crippen LogP contribution in [0.5, 0.6) is 0 Å². The fraction of sp³-hybridized carbons (Fsp3) is 1.00. The molecule has 8 unspecified atom stereocenters. The van der Waals surface area contributed by atoms with E-state index in [-0.39, 0.29) is 130 Å². The van der Waals surface area contributed by atoms with Gasteiger partial charge in [0.2, 0.25) is 11.6 Å². The summed E-state index contributed by atoms with van der Waals surface area (Å²) in [5.41, 5.74) is -3.16. The number of rotatable bonds is 20. The van der Waals surface area contributed by atoms with Crippen LogP contribution >= 0.6 is 0 Å². The summed E-state index contributed by atoms with van der Waals surface area (Å²) in [6.45, 7) is 12.3. The van der Waals surface area contributed by atoms with E-state index in [1.165, 1.54) is 13.8 Å². The predicted molar refractivity (Wildman–Crippen MR) is 171 cm³/mol. The monoisotopic (exact) mass is 722 g/mol. The first kappa shape index (κ1) is 41.7. The molecule has 266 valence electrons. The summed E-state index contributed by atoms with van der Waals surface area (Å²) in [6.07, 6.45) is 8.12. The predicted octanol–water partition coefficient (Wildman–Crippen LogP) is 3.18. The van der Waals surface area contributed by atoms with E-state index in [1.807, 2.05) is 13.8 Å². The molecule has 0 spiro atoms. The summed E-state index contributed by atoms with van der Waals surface area (Å²) < 4.78 is 104. The van der Waals surface area contributed by atoms with Crippen LogP contribution in [0.15, 0.2) is 0 Å². The molecule has 0 aromatic rings. The van der Waals surface area contributed by atoms with E-state index >= 15 is 0 Å². The molecule has 11 nitrogen and oxygen atoms in total. The standard InChI is InChI=1S/C32H58O11S2.K.H/c1-7-11-13-25(9-3)23-27(5,44(33,34)35)29(15-19-39-29)31(17-21-41-31)43-32(18-22-42-32)30(16-20-40-30)28(6,45(36,37)38)24-26(10-4)14-12-8-2;;/h25-26H,7-24H2,1-6H3,(H,33,34,35)(H,36,37,38);;/q;+1;-1. The first-order valence-electron chi connectivity index (χ1n) is 17.2. The molecule has 4 aliphatic heterocycles. The SMILES string of the molecule is CCCCC(CC)CC(C)(C1(C2(OC3(C4(C(C)(CC(CC)CCCC)S(=O)(=O)O)CCO4)CCO3)CCO2)CCO1)S(=O)(=O)O.[H-].[K+]. The van der Waals surface area contributed by atoms with Crippen LogP contribution in [-0.2, 0) is 43.9 Å². The molecule has 0 aromatic carbocycles. The van der Waals surface area contributed by atoms with Crippen LogP contribution in [0.3, 0.4) is 0 Å². The van der Waals surface area contributed by atoms with Crippen molar-refractivity contribution in [3.8, 4) is 0 Å². The molecule has 0 radical (unpaired) electrons. The number of unbranched alkanes of at least 4 members (excludes halogenated alkanes) is 2. The molecule has 0 aromatic heterocycles. The van der Waals surface area contributed by atoms with E-state index in [4.69, 9.17) is 23.7 Å². The van der Waals surface area contributed by atoms with Crippen LogP contribution < -0.4 is 51.4 Å². The van der Waals surface area contributed by atoms with E-state index in [1.54, 1.807) is 0 Å². The van der Waals surface area contributed by atoms with Crippen molar-refractivity contribution >= 4 is 20.2 Å². The minimum atomic E-state index is -4.72. The van der Waals surface area contributed by atoms with Gasteiger partial charge >= 0.3 is 51.4 Å². The van der Waals surface area contributed by atoms with Gasteiger partial charge in [0.25, 0.3) is 20.2 Å². The summed E-state index contributed by atoms with van der Waals surface area (Å²) in [6, 6.07) is 0. The average molecular weight is 723 g/mol. The van der Waals surface area contributed by atoms with Crippen molar-refractivity contribution in [1.82, 2.24) is 0 Å². The van der Waals surface area contributed by atoms with Gasteiger partial charge in [-0.05, 0) is 38.5 Å². The Labute approximate surface area is 321 Å². The molecule has 0 bridgehead atoms. The Hall–Kier alpha value is 1.26. The van der Waals surface area contributed by atoms with E-state index in [0.29, 0.717) is 0 Å². The van der Waals surface area contributed by atoms with Gasteiger partial charge in [0.05, 0.1) is 26.4 Å². The van der Waals surface area contributed by atoms with Crippen LogP contribution in [0.25, 0.3) is 0 Å². The van der Waals surface area contributed by atoms with Crippen molar-refractivity contribution in [3.63, 3.8) is 0 Å². The fourth-order valence-electron chi connectivity index (χ4n) is 8.60. The maximum Gasteiger partial charge on any atom is 1.00 e. The average Bonchev–Trinajstić information content (AvgIpc) is 2.87. The van der Waals surface area contributed by atoms with Gasteiger partial charge in [-0.2, -0.15) is 16.8 Å². The zero-order valence-corrected chi connectivity index (χ0v) is 34.0. The molecule has 8 atom stereocenters. The third-order valence-corrected chi connectivity index (χ3v) is 15.3. The van der Waals surface area contributed by atoms with Gasteiger partial charge in [0, 0.05) is 25.7 Å². The Morgan fingerprint density at radius 3 is 1.15 bits per heavy atom. The largest absolute Gasteiger partial charge is 1.00 e. The van der Waals surface area contributed by atoms with Gasteiger partial charge in [0.1, 0.15) is 20.7 Å². The first-order valence-corrected chi connectivity index (χ1v) is 20.1. The molecule has 0 amide bonds.